The van der Waals surface area contributed by atoms with Crippen molar-refractivity contribution in [3.8, 4) is 17.1 Å². The minimum Gasteiger partial charge on any atom is -0.504 e. The summed E-state index contributed by atoms with van der Waals surface area (Å²) >= 11 is 0. The number of benzene rings is 2. The molecule has 164 valence electrons. The van der Waals surface area contributed by atoms with Gasteiger partial charge in [0.05, 0.1) is 11.1 Å². The Balaban J connectivity index is 1.67. The molecule has 2 aromatic carbocycles. The zero-order valence-electron chi connectivity index (χ0n) is 18.1. The summed E-state index contributed by atoms with van der Waals surface area (Å²) in [6, 6.07) is 7.68. The Morgan fingerprint density at radius 2 is 2.09 bits per heavy atom. The normalized spacial score (nSPS) is 16.8. The minimum atomic E-state index is -0.839. The molecule has 1 saturated heterocycles. The Bertz CT molecular complexity index is 1380. The van der Waals surface area contributed by atoms with Crippen molar-refractivity contribution in [3.05, 3.63) is 42.0 Å². The van der Waals surface area contributed by atoms with Crippen LogP contribution in [0.5, 0.6) is 5.75 Å². The monoisotopic (exact) mass is 434 g/mol. The van der Waals surface area contributed by atoms with Crippen LogP contribution in [0, 0.1) is 5.82 Å². The van der Waals surface area contributed by atoms with Crippen LogP contribution in [-0.4, -0.2) is 56.3 Å². The number of fused-ring (bicyclic) bond motifs is 2. The van der Waals surface area contributed by atoms with Gasteiger partial charge in [0, 0.05) is 62.3 Å². The maximum atomic E-state index is 14.8. The van der Waals surface area contributed by atoms with E-state index >= 15 is 0 Å². The lowest BCUT2D eigenvalue weighted by Crippen LogP contribution is -2.49. The Morgan fingerprint density at radius 1 is 1.28 bits per heavy atom. The van der Waals surface area contributed by atoms with E-state index in [0.29, 0.717) is 22.3 Å². The first kappa shape index (κ1) is 20.3. The summed E-state index contributed by atoms with van der Waals surface area (Å²) in [6.45, 7) is 6.18. The number of carbonyl (C=O) groups is 1. The van der Waals surface area contributed by atoms with Gasteiger partial charge in [0.2, 0.25) is 0 Å². The van der Waals surface area contributed by atoms with Crippen molar-refractivity contribution in [2.45, 2.75) is 19.9 Å². The largest absolute Gasteiger partial charge is 0.504 e. The Labute approximate surface area is 183 Å². The second-order valence-corrected chi connectivity index (χ2v) is 8.28. The molecule has 0 aliphatic carbocycles. The van der Waals surface area contributed by atoms with E-state index in [0.717, 1.165) is 25.3 Å². The molecule has 9 heteroatoms. The molecule has 0 bridgehead atoms. The summed E-state index contributed by atoms with van der Waals surface area (Å²) in [5.74, 6) is -1.56. The lowest BCUT2D eigenvalue weighted by molar-refractivity contribution is 0.101. The number of halogens is 1. The fourth-order valence-corrected chi connectivity index (χ4v) is 4.28. The summed E-state index contributed by atoms with van der Waals surface area (Å²) < 4.78 is 16.2. The molecule has 8 nitrogen and oxygen atoms in total. The van der Waals surface area contributed by atoms with Crippen molar-refractivity contribution in [1.29, 1.82) is 0 Å². The smallest absolute Gasteiger partial charge is 0.193 e. The molecule has 0 amide bonds. The number of Topliss-reactive ketones (excluding diaryl/α,β-unsaturated/α-hetero) is 1. The third kappa shape index (κ3) is 3.34. The highest BCUT2D eigenvalue weighted by molar-refractivity contribution is 6.06. The molecule has 0 radical (unpaired) electrons. The molecule has 3 heterocycles. The molecule has 1 fully saturated rings. The maximum absolute atomic E-state index is 14.8. The van der Waals surface area contributed by atoms with Gasteiger partial charge in [0.1, 0.15) is 11.2 Å². The van der Waals surface area contributed by atoms with Crippen LogP contribution >= 0.6 is 0 Å². The Kier molecular flexibility index (Phi) is 4.78. The molecule has 32 heavy (non-hydrogen) atoms. The average molecular weight is 434 g/mol. The number of aromatic nitrogens is 4. The fourth-order valence-electron chi connectivity index (χ4n) is 4.28. The van der Waals surface area contributed by atoms with Crippen molar-refractivity contribution in [2.75, 3.05) is 24.5 Å². The quantitative estimate of drug-likeness (QED) is 0.479. The number of hydrogen-bond donors (Lipinski definition) is 2. The van der Waals surface area contributed by atoms with E-state index in [1.54, 1.807) is 19.3 Å². The van der Waals surface area contributed by atoms with Gasteiger partial charge in [-0.25, -0.2) is 14.4 Å². The number of hydrogen-bond acceptors (Lipinski definition) is 7. The van der Waals surface area contributed by atoms with Crippen molar-refractivity contribution in [2.24, 2.45) is 7.05 Å². The third-order valence-corrected chi connectivity index (χ3v) is 5.82. The van der Waals surface area contributed by atoms with Crippen molar-refractivity contribution < 1.29 is 14.3 Å². The van der Waals surface area contributed by atoms with Crippen LogP contribution in [0.4, 0.5) is 10.1 Å². The van der Waals surface area contributed by atoms with Gasteiger partial charge in [0.15, 0.2) is 23.2 Å². The van der Waals surface area contributed by atoms with Crippen molar-refractivity contribution in [3.63, 3.8) is 0 Å². The molecule has 4 aromatic rings. The first-order chi connectivity index (χ1) is 15.3. The van der Waals surface area contributed by atoms with Crippen LogP contribution < -0.4 is 10.2 Å². The van der Waals surface area contributed by atoms with Crippen LogP contribution in [0.15, 0.2) is 30.5 Å². The first-order valence-corrected chi connectivity index (χ1v) is 10.5. The van der Waals surface area contributed by atoms with Crippen LogP contribution in [0.1, 0.15) is 24.3 Å². The van der Waals surface area contributed by atoms with Gasteiger partial charge in [0.25, 0.3) is 0 Å². The number of ketones is 1. The molecule has 2 N–H and O–H groups in total. The van der Waals surface area contributed by atoms with E-state index < -0.39 is 11.6 Å². The number of aryl methyl sites for hydroxylation is 1. The molecule has 5 rings (SSSR count). The highest BCUT2D eigenvalue weighted by Crippen LogP contribution is 2.36. The van der Waals surface area contributed by atoms with E-state index in [4.69, 9.17) is 0 Å². The molecule has 1 aliphatic rings. The van der Waals surface area contributed by atoms with E-state index in [1.807, 2.05) is 18.2 Å². The van der Waals surface area contributed by atoms with Gasteiger partial charge < -0.3 is 15.3 Å². The number of rotatable bonds is 3. The minimum absolute atomic E-state index is 0.0659. The number of phenols is 1. The first-order valence-electron chi connectivity index (χ1n) is 10.5. The SMILES string of the molecule is CC(=O)c1nc(-c2cc3cn(C)nc3c(F)c2O)nc2ccc(N3CCNC(C)C3)cc12. The lowest BCUT2D eigenvalue weighted by atomic mass is 10.1. The second-order valence-electron chi connectivity index (χ2n) is 8.28. The number of phenolic OH excluding ortho intramolecular Hbond substituents is 1. The van der Waals surface area contributed by atoms with Gasteiger partial charge in [-0.2, -0.15) is 5.10 Å². The van der Waals surface area contributed by atoms with Crippen molar-refractivity contribution in [1.82, 2.24) is 25.1 Å². The van der Waals surface area contributed by atoms with Gasteiger partial charge >= 0.3 is 0 Å². The van der Waals surface area contributed by atoms with Crippen molar-refractivity contribution >= 4 is 33.3 Å². The highest BCUT2D eigenvalue weighted by Gasteiger charge is 2.22. The fraction of sp³-hybridized carbons (Fsp3) is 0.304. The second kappa shape index (κ2) is 7.52. The molecular weight excluding hydrogens is 411 g/mol. The van der Waals surface area contributed by atoms with Gasteiger partial charge in [-0.3, -0.25) is 9.48 Å². The van der Waals surface area contributed by atoms with E-state index in [-0.39, 0.29) is 28.4 Å². The summed E-state index contributed by atoms with van der Waals surface area (Å²) in [5.41, 5.74) is 1.97. The zero-order valence-corrected chi connectivity index (χ0v) is 18.1. The number of piperazine rings is 1. The van der Waals surface area contributed by atoms with E-state index in [9.17, 15) is 14.3 Å². The predicted molar refractivity (Wildman–Crippen MR) is 121 cm³/mol. The molecular formula is C23H23FN6O2. The van der Waals surface area contributed by atoms with Crippen LogP contribution in [-0.2, 0) is 7.05 Å². The Morgan fingerprint density at radius 3 is 2.84 bits per heavy atom. The molecule has 1 atom stereocenters. The standard InChI is InChI=1S/C23H23FN6O2/c1-12-10-30(7-6-25-12)15-4-5-18-16(9-15)20(13(2)31)27-23(26-18)17-8-14-11-29(3)28-21(14)19(24)22(17)32/h4-5,8-9,11-12,25,32H,6-7,10H2,1-3H3. The molecule has 1 aliphatic heterocycles. The Hall–Kier alpha value is -3.59. The van der Waals surface area contributed by atoms with E-state index in [2.05, 4.69) is 32.2 Å². The third-order valence-electron chi connectivity index (χ3n) is 5.82. The number of anilines is 1. The van der Waals surface area contributed by atoms with Crippen LogP contribution in [0.2, 0.25) is 0 Å². The molecule has 0 saturated carbocycles. The average Bonchev–Trinajstić information content (AvgIpc) is 3.15. The molecule has 2 aromatic heterocycles. The maximum Gasteiger partial charge on any atom is 0.193 e. The summed E-state index contributed by atoms with van der Waals surface area (Å²) in [6.07, 6.45) is 1.65. The summed E-state index contributed by atoms with van der Waals surface area (Å²) in [5, 5.41) is 19.1. The molecule has 0 spiro atoms. The number of carbonyl (C=O) groups excluding carboxylic acids is 1. The topological polar surface area (TPSA) is 96.2 Å². The number of nitrogens with one attached hydrogen (secondary N) is 1. The van der Waals surface area contributed by atoms with Gasteiger partial charge in [-0.1, -0.05) is 0 Å². The van der Waals surface area contributed by atoms with Gasteiger partial charge in [-0.05, 0) is 31.2 Å². The van der Waals surface area contributed by atoms with E-state index in [1.165, 1.54) is 11.6 Å². The van der Waals surface area contributed by atoms with Crippen LogP contribution in [0.3, 0.4) is 0 Å². The highest BCUT2D eigenvalue weighted by atomic mass is 19.1. The summed E-state index contributed by atoms with van der Waals surface area (Å²) in [7, 11) is 1.67. The lowest BCUT2D eigenvalue weighted by Gasteiger charge is -2.33. The van der Waals surface area contributed by atoms with Gasteiger partial charge in [-0.15, -0.1) is 0 Å². The molecule has 1 unspecified atom stereocenters. The zero-order chi connectivity index (χ0) is 22.6. The number of nitrogens with zero attached hydrogens (tertiary/aromatic N) is 5. The van der Waals surface area contributed by atoms with Crippen LogP contribution in [0.25, 0.3) is 33.2 Å². The number of aromatic hydroxyl groups is 1. The predicted octanol–water partition coefficient (Wildman–Crippen LogP) is 3.03. The summed E-state index contributed by atoms with van der Waals surface area (Å²) in [4.78, 5) is 23.7.